The van der Waals surface area contributed by atoms with Gasteiger partial charge in [-0.25, -0.2) is 0 Å². The molecule has 0 amide bonds. The van der Waals surface area contributed by atoms with Crippen LogP contribution in [0.25, 0.3) is 0 Å². The fourth-order valence-electron chi connectivity index (χ4n) is 0.689. The third-order valence-corrected chi connectivity index (χ3v) is 7.46. The second kappa shape index (κ2) is 9.71. The number of hydrogen-bond donors (Lipinski definition) is 1. The molecule has 0 spiro atoms. The first-order valence-corrected chi connectivity index (χ1v) is 9.84. The normalized spacial score (nSPS) is 11.3. The topological polar surface area (TPSA) is 26.0 Å². The first-order valence-electron chi connectivity index (χ1n) is 3.93. The Bertz CT molecular complexity index is 296. The first-order chi connectivity index (χ1) is 6.15. The van der Waals surface area contributed by atoms with E-state index in [1.807, 2.05) is 31.4 Å². The van der Waals surface area contributed by atoms with Gasteiger partial charge in [0.2, 0.25) is 0 Å². The van der Waals surface area contributed by atoms with Crippen molar-refractivity contribution in [2.24, 2.45) is 5.73 Å². The van der Waals surface area contributed by atoms with Crippen LogP contribution in [0.1, 0.15) is 13.8 Å². The summed E-state index contributed by atoms with van der Waals surface area (Å²) >= 11 is 0.603. The summed E-state index contributed by atoms with van der Waals surface area (Å²) in [6, 6.07) is 0. The Balaban J connectivity index is 0. The first kappa shape index (κ1) is 16.6. The molecule has 0 aliphatic carbocycles. The van der Waals surface area contributed by atoms with Crippen LogP contribution in [0.5, 0.6) is 0 Å². The maximum atomic E-state index is 5.92. The Morgan fingerprint density at radius 3 is 2.43 bits per heavy atom. The van der Waals surface area contributed by atoms with Gasteiger partial charge in [0.15, 0.2) is 0 Å². The summed E-state index contributed by atoms with van der Waals surface area (Å²) in [4.78, 5) is 0. The predicted molar refractivity (Wildman–Crippen MR) is 68.0 cm³/mol. The quantitative estimate of drug-likeness (QED) is 0.544. The Kier molecular flexibility index (Phi) is 11.5. The SMILES string of the molecule is C=CS[C](=[U]=[CH2])/C(N)=C\C(C)=C/C.[CH3-]. The molecule has 3 heteroatoms. The summed E-state index contributed by atoms with van der Waals surface area (Å²) in [6.07, 6.45) is 4.05. The Labute approximate surface area is 105 Å². The summed E-state index contributed by atoms with van der Waals surface area (Å²) in [7, 11) is 0. The van der Waals surface area contributed by atoms with Crippen LogP contribution in [0.3, 0.4) is 0 Å². The molecule has 2 N–H and O–H groups in total. The molecule has 14 heavy (non-hydrogen) atoms. The maximum Gasteiger partial charge on any atom is -0.358 e. The van der Waals surface area contributed by atoms with Gasteiger partial charge in [0.1, 0.15) is 0 Å². The van der Waals surface area contributed by atoms with Gasteiger partial charge in [0.25, 0.3) is 0 Å². The van der Waals surface area contributed by atoms with E-state index in [1.165, 1.54) is 7.43 Å². The zero-order valence-corrected chi connectivity index (χ0v) is 14.1. The molecule has 0 radical (unpaired) electrons. The molecule has 0 fully saturated rings. The predicted octanol–water partition coefficient (Wildman–Crippen LogP) is 2.77. The van der Waals surface area contributed by atoms with Gasteiger partial charge < -0.3 is 7.43 Å². The summed E-state index contributed by atoms with van der Waals surface area (Å²) < 4.78 is 5.30. The van der Waals surface area contributed by atoms with Gasteiger partial charge in [0, 0.05) is 0 Å². The van der Waals surface area contributed by atoms with E-state index >= 15 is 0 Å². The molecule has 0 aromatic heterocycles. The van der Waals surface area contributed by atoms with Crippen LogP contribution in [-0.2, 0) is 0 Å². The number of allylic oxidation sites excluding steroid dienone is 3. The summed E-state index contributed by atoms with van der Waals surface area (Å²) in [5.74, 6) is 0. The minimum absolute atomic E-state index is 0. The molecule has 0 heterocycles. The Hall–Kier alpha value is 0.162. The van der Waals surface area contributed by atoms with Crippen LogP contribution in [0.4, 0.5) is 0 Å². The number of nitrogens with two attached hydrogens (primary N) is 1. The van der Waals surface area contributed by atoms with Crippen molar-refractivity contribution < 1.29 is 26.7 Å². The third-order valence-electron chi connectivity index (χ3n) is 1.46. The smallest absolute Gasteiger partial charge is 0.358 e. The Morgan fingerprint density at radius 2 is 2.07 bits per heavy atom. The zero-order valence-electron chi connectivity index (χ0n) is 9.13. The fraction of sp³-hybridized carbons (Fsp3) is 0.182. The van der Waals surface area contributed by atoms with E-state index in [2.05, 4.69) is 10.1 Å². The van der Waals surface area contributed by atoms with Crippen molar-refractivity contribution in [1.82, 2.24) is 0 Å². The van der Waals surface area contributed by atoms with Crippen molar-refractivity contribution in [2.75, 3.05) is 0 Å². The summed E-state index contributed by atoms with van der Waals surface area (Å²) in [5, 5.41) is 1.82. The molecule has 78 valence electrons. The molecule has 0 aromatic carbocycles. The second-order valence-corrected chi connectivity index (χ2v) is 8.46. The minimum Gasteiger partial charge on any atom is -0.358 e. The van der Waals surface area contributed by atoms with Crippen LogP contribution < -0.4 is 5.73 Å². The molecular formula is C11H18NSU-. The van der Waals surface area contributed by atoms with Crippen molar-refractivity contribution >= 4 is 17.1 Å². The number of hydrogen-bond acceptors (Lipinski definition) is 2. The van der Waals surface area contributed by atoms with Crippen LogP contribution in [-0.4, -0.2) is 5.39 Å². The monoisotopic (exact) mass is 434 g/mol. The minimum atomic E-state index is -1.02. The molecule has 0 aliphatic heterocycles. The fourth-order valence-corrected chi connectivity index (χ4v) is 4.37. The van der Waals surface area contributed by atoms with Crippen LogP contribution in [0.2, 0.25) is 0 Å². The van der Waals surface area contributed by atoms with Crippen LogP contribution in [0.15, 0.2) is 35.4 Å². The number of thioether (sulfide) groups is 1. The summed E-state index contributed by atoms with van der Waals surface area (Å²) in [6.45, 7) is 7.73. The molecule has 0 rings (SSSR count). The maximum absolute atomic E-state index is 5.92. The van der Waals surface area contributed by atoms with Crippen molar-refractivity contribution in [3.63, 3.8) is 0 Å². The van der Waals surface area contributed by atoms with Crippen molar-refractivity contribution in [2.45, 2.75) is 13.8 Å². The van der Waals surface area contributed by atoms with E-state index in [0.29, 0.717) is 0 Å². The van der Waals surface area contributed by atoms with Gasteiger partial charge in [-0.3, -0.25) is 0 Å². The van der Waals surface area contributed by atoms with E-state index in [9.17, 15) is 0 Å². The average molecular weight is 434 g/mol. The van der Waals surface area contributed by atoms with Gasteiger partial charge in [-0.1, -0.05) is 0 Å². The van der Waals surface area contributed by atoms with E-state index < -0.39 is 26.7 Å². The molecular weight excluding hydrogens is 416 g/mol. The van der Waals surface area contributed by atoms with Crippen LogP contribution >= 0.6 is 11.8 Å². The second-order valence-electron chi connectivity index (χ2n) is 2.42. The van der Waals surface area contributed by atoms with Gasteiger partial charge >= 0.3 is 98.9 Å². The van der Waals surface area contributed by atoms with E-state index in [1.54, 1.807) is 11.8 Å². The van der Waals surface area contributed by atoms with Gasteiger partial charge in [-0.2, -0.15) is 0 Å². The van der Waals surface area contributed by atoms with Gasteiger partial charge in [-0.05, 0) is 0 Å². The van der Waals surface area contributed by atoms with E-state index in [-0.39, 0.29) is 7.43 Å². The molecule has 0 saturated carbocycles. The summed E-state index contributed by atoms with van der Waals surface area (Å²) in [5.41, 5.74) is 7.99. The van der Waals surface area contributed by atoms with Crippen molar-refractivity contribution in [3.05, 3.63) is 42.8 Å². The van der Waals surface area contributed by atoms with E-state index in [4.69, 9.17) is 5.73 Å². The molecule has 0 saturated heterocycles. The van der Waals surface area contributed by atoms with Crippen molar-refractivity contribution in [1.29, 1.82) is 0 Å². The van der Waals surface area contributed by atoms with Gasteiger partial charge in [-0.15, -0.1) is 0 Å². The Morgan fingerprint density at radius 1 is 1.50 bits per heavy atom. The number of rotatable bonds is 4. The van der Waals surface area contributed by atoms with E-state index in [0.717, 1.165) is 5.70 Å². The largest absolute Gasteiger partial charge is 0.358 e. The van der Waals surface area contributed by atoms with Crippen molar-refractivity contribution in [3.8, 4) is 0 Å². The third kappa shape index (κ3) is 6.59. The molecule has 0 bridgehead atoms. The molecule has 0 unspecified atom stereocenters. The molecule has 0 atom stereocenters. The average Bonchev–Trinajstić information content (AvgIpc) is 2.13. The zero-order chi connectivity index (χ0) is 10.3. The molecule has 0 aromatic rings. The standard InChI is InChI=1S/C9H13NS.CH3.CH2.U/c1-4-8(3)6-9(10)7-11-5-2;;;/h4-6H,2,10H2,1,3H3;1H3;1H2;/q;-1;;/b8-4-,9-6+;;;. The molecule has 1 nitrogen and oxygen atoms in total. The van der Waals surface area contributed by atoms with Crippen LogP contribution in [0, 0.1) is 34.2 Å². The van der Waals surface area contributed by atoms with Gasteiger partial charge in [0.05, 0.1) is 0 Å². The molecule has 0 aliphatic rings.